The second-order valence-corrected chi connectivity index (χ2v) is 20.0. The van der Waals surface area contributed by atoms with Crippen LogP contribution in [0.1, 0.15) is 251 Å². The highest BCUT2D eigenvalue weighted by molar-refractivity contribution is 7.47. The molecule has 8 nitrogen and oxygen atoms in total. The van der Waals surface area contributed by atoms with E-state index in [-0.39, 0.29) is 19.1 Å². The van der Waals surface area contributed by atoms with Crippen molar-refractivity contribution in [3.63, 3.8) is 0 Å². The fraction of sp³-hybridized carbons (Fsp3) is 0.979. The summed E-state index contributed by atoms with van der Waals surface area (Å²) in [5, 5.41) is 13.9. The normalized spacial score (nSPS) is 14.2. The number of nitrogens with zero attached hydrogens (tertiary/aromatic N) is 1. The Kier molecular flexibility index (Phi) is 40.5. The van der Waals surface area contributed by atoms with Crippen LogP contribution >= 0.6 is 7.82 Å². The minimum atomic E-state index is -4.30. The van der Waals surface area contributed by atoms with Crippen LogP contribution in [0, 0.1) is 0 Å². The summed E-state index contributed by atoms with van der Waals surface area (Å²) in [5.41, 5.74) is 0. The Morgan fingerprint density at radius 3 is 1.18 bits per heavy atom. The van der Waals surface area contributed by atoms with Gasteiger partial charge in [0.05, 0.1) is 39.9 Å². The zero-order valence-corrected chi connectivity index (χ0v) is 39.8. The molecule has 0 aromatic heterocycles. The Morgan fingerprint density at radius 1 is 0.526 bits per heavy atom. The van der Waals surface area contributed by atoms with Crippen LogP contribution in [-0.2, 0) is 18.4 Å². The molecule has 0 saturated heterocycles. The van der Waals surface area contributed by atoms with Crippen molar-refractivity contribution in [1.82, 2.24) is 5.32 Å². The number of likely N-dealkylation sites (N-methyl/N-ethyl adjacent to an activating group) is 1. The molecule has 3 N–H and O–H groups in total. The van der Waals surface area contributed by atoms with Crippen LogP contribution in [0.4, 0.5) is 0 Å². The molecule has 342 valence electrons. The van der Waals surface area contributed by atoms with E-state index < -0.39 is 20.0 Å². The summed E-state index contributed by atoms with van der Waals surface area (Å²) >= 11 is 0. The van der Waals surface area contributed by atoms with Gasteiger partial charge in [-0.25, -0.2) is 4.57 Å². The summed E-state index contributed by atoms with van der Waals surface area (Å²) < 4.78 is 23.6. The van der Waals surface area contributed by atoms with Gasteiger partial charge in [-0.2, -0.15) is 0 Å². The first-order chi connectivity index (χ1) is 27.5. The highest BCUT2D eigenvalue weighted by atomic mass is 31.2. The maximum Gasteiger partial charge on any atom is 0.472 e. The van der Waals surface area contributed by atoms with E-state index in [4.69, 9.17) is 9.05 Å². The summed E-state index contributed by atoms with van der Waals surface area (Å²) in [4.78, 5) is 23.2. The monoisotopic (exact) mass is 832 g/mol. The van der Waals surface area contributed by atoms with Crippen LogP contribution in [0.2, 0.25) is 0 Å². The van der Waals surface area contributed by atoms with Gasteiger partial charge in [0.25, 0.3) is 0 Å². The Labute approximate surface area is 355 Å². The van der Waals surface area contributed by atoms with Crippen molar-refractivity contribution >= 4 is 13.7 Å². The number of aliphatic hydroxyl groups excluding tert-OH is 1. The average Bonchev–Trinajstić information content (AvgIpc) is 3.16. The first-order valence-corrected chi connectivity index (χ1v) is 26.4. The number of hydrogen-bond donors (Lipinski definition) is 3. The van der Waals surface area contributed by atoms with Crippen molar-refractivity contribution in [3.05, 3.63) is 0 Å². The minimum Gasteiger partial charge on any atom is -0.391 e. The van der Waals surface area contributed by atoms with Gasteiger partial charge in [-0.1, -0.05) is 232 Å². The van der Waals surface area contributed by atoms with Gasteiger partial charge in [-0.05, 0) is 12.8 Å². The summed E-state index contributed by atoms with van der Waals surface area (Å²) in [6.45, 7) is 4.90. The summed E-state index contributed by atoms with van der Waals surface area (Å²) in [6, 6.07) is -0.752. The highest BCUT2D eigenvalue weighted by Gasteiger charge is 2.28. The van der Waals surface area contributed by atoms with E-state index in [1.165, 1.54) is 186 Å². The number of aliphatic hydroxyl groups is 1. The predicted octanol–water partition coefficient (Wildman–Crippen LogP) is 14.1. The number of carbonyl (C=O) groups is 1. The average molecular weight is 832 g/mol. The van der Waals surface area contributed by atoms with Crippen molar-refractivity contribution in [2.75, 3.05) is 40.9 Å². The maximum atomic E-state index is 12.9. The van der Waals surface area contributed by atoms with Gasteiger partial charge in [0, 0.05) is 6.42 Å². The van der Waals surface area contributed by atoms with E-state index in [1.54, 1.807) is 0 Å². The Balaban J connectivity index is 4.05. The van der Waals surface area contributed by atoms with Gasteiger partial charge in [-0.15, -0.1) is 0 Å². The van der Waals surface area contributed by atoms with Crippen molar-refractivity contribution in [2.24, 2.45) is 0 Å². The minimum absolute atomic E-state index is 0.0784. The zero-order chi connectivity index (χ0) is 42.1. The molecule has 3 atom stereocenters. The molecule has 0 aliphatic heterocycles. The zero-order valence-electron chi connectivity index (χ0n) is 38.9. The Morgan fingerprint density at radius 2 is 0.842 bits per heavy atom. The lowest BCUT2D eigenvalue weighted by Crippen LogP contribution is -2.46. The molecular weight excluding hydrogens is 732 g/mol. The van der Waals surface area contributed by atoms with Gasteiger partial charge in [0.2, 0.25) is 5.91 Å². The van der Waals surface area contributed by atoms with Gasteiger partial charge in [0.1, 0.15) is 13.2 Å². The summed E-state index contributed by atoms with van der Waals surface area (Å²) in [7, 11) is 1.63. The summed E-state index contributed by atoms with van der Waals surface area (Å²) in [6.07, 6.45) is 45.8. The number of quaternary nitrogens is 1. The summed E-state index contributed by atoms with van der Waals surface area (Å²) in [5.74, 6) is -0.140. The number of unbranched alkanes of at least 4 members (excludes halogenated alkanes) is 33. The molecule has 57 heavy (non-hydrogen) atoms. The molecule has 0 aliphatic carbocycles. The SMILES string of the molecule is CCCCCCCCCCCCCCCCCCCCCCCCCCCC(=O)N[C@@H](COP(=O)(O)OCC[N+](C)(C)C)[C@H](O)CCCCCCCCCCCC. The molecule has 0 spiro atoms. The molecule has 0 aromatic carbocycles. The number of phosphoric acid groups is 1. The lowest BCUT2D eigenvalue weighted by Gasteiger charge is -2.26. The van der Waals surface area contributed by atoms with Crippen LogP contribution < -0.4 is 5.32 Å². The molecule has 0 aliphatic rings. The van der Waals surface area contributed by atoms with Crippen LogP contribution in [0.5, 0.6) is 0 Å². The molecule has 0 fully saturated rings. The molecule has 0 bridgehead atoms. The number of nitrogens with one attached hydrogen (secondary N) is 1. The second-order valence-electron chi connectivity index (χ2n) is 18.6. The van der Waals surface area contributed by atoms with E-state index in [1.807, 2.05) is 21.1 Å². The topological polar surface area (TPSA) is 105 Å². The van der Waals surface area contributed by atoms with Crippen molar-refractivity contribution in [2.45, 2.75) is 264 Å². The Hall–Kier alpha value is -0.500. The van der Waals surface area contributed by atoms with E-state index in [2.05, 4.69) is 19.2 Å². The molecule has 0 rings (SSSR count). The van der Waals surface area contributed by atoms with Crippen molar-refractivity contribution in [1.29, 1.82) is 0 Å². The van der Waals surface area contributed by atoms with E-state index in [0.29, 0.717) is 23.9 Å². The number of phosphoric ester groups is 1. The fourth-order valence-electron chi connectivity index (χ4n) is 7.64. The van der Waals surface area contributed by atoms with E-state index in [0.717, 1.165) is 38.5 Å². The number of hydrogen-bond acceptors (Lipinski definition) is 5. The number of rotatable bonds is 46. The van der Waals surface area contributed by atoms with Crippen molar-refractivity contribution < 1.29 is 32.9 Å². The third-order valence-electron chi connectivity index (χ3n) is 11.6. The lowest BCUT2D eigenvalue weighted by atomic mass is 10.0. The van der Waals surface area contributed by atoms with Crippen LogP contribution in [-0.4, -0.2) is 73.4 Å². The van der Waals surface area contributed by atoms with Crippen LogP contribution in [0.15, 0.2) is 0 Å². The molecule has 0 saturated carbocycles. The second kappa shape index (κ2) is 40.9. The maximum absolute atomic E-state index is 12.9. The lowest BCUT2D eigenvalue weighted by molar-refractivity contribution is -0.870. The van der Waals surface area contributed by atoms with Gasteiger partial charge < -0.3 is 19.8 Å². The third-order valence-corrected chi connectivity index (χ3v) is 12.6. The van der Waals surface area contributed by atoms with Crippen LogP contribution in [0.25, 0.3) is 0 Å². The standard InChI is InChI=1S/C48H99N2O6P/c1-6-8-10-12-14-16-18-19-20-21-22-23-24-25-26-27-28-29-30-31-32-34-36-38-40-42-48(52)49-46(45-56-57(53,54)55-44-43-50(3,4)5)47(51)41-39-37-35-33-17-15-13-11-9-7-2/h46-47,51H,6-45H2,1-5H3,(H-,49,52,53,54)/p+1/t46-,47+/m0/s1. The predicted molar refractivity (Wildman–Crippen MR) is 245 cm³/mol. The van der Waals surface area contributed by atoms with Gasteiger partial charge >= 0.3 is 7.82 Å². The third kappa shape index (κ3) is 43.4. The quantitative estimate of drug-likeness (QED) is 0.0321. The molecule has 1 amide bonds. The smallest absolute Gasteiger partial charge is 0.391 e. The molecule has 1 unspecified atom stereocenters. The molecule has 0 radical (unpaired) electrons. The first kappa shape index (κ1) is 56.5. The van der Waals surface area contributed by atoms with E-state index in [9.17, 15) is 19.4 Å². The number of carbonyl (C=O) groups excluding carboxylic acids is 1. The molecule has 0 aromatic rings. The largest absolute Gasteiger partial charge is 0.472 e. The fourth-order valence-corrected chi connectivity index (χ4v) is 8.37. The highest BCUT2D eigenvalue weighted by Crippen LogP contribution is 2.43. The molecule has 9 heteroatoms. The van der Waals surface area contributed by atoms with Crippen LogP contribution in [0.3, 0.4) is 0 Å². The first-order valence-electron chi connectivity index (χ1n) is 24.9. The molecular formula is C48H100N2O6P+. The van der Waals surface area contributed by atoms with Gasteiger partial charge in [0.15, 0.2) is 0 Å². The number of amides is 1. The van der Waals surface area contributed by atoms with E-state index >= 15 is 0 Å². The molecule has 0 heterocycles. The van der Waals surface area contributed by atoms with Crippen molar-refractivity contribution in [3.8, 4) is 0 Å². The Bertz CT molecular complexity index is 901. The van der Waals surface area contributed by atoms with Gasteiger partial charge in [-0.3, -0.25) is 13.8 Å².